The lowest BCUT2D eigenvalue weighted by Crippen LogP contribution is -2.58. The predicted octanol–water partition coefficient (Wildman–Crippen LogP) is -3.75. The van der Waals surface area contributed by atoms with Crippen molar-refractivity contribution in [1.82, 2.24) is 41.2 Å². The third kappa shape index (κ3) is 10.1. The van der Waals surface area contributed by atoms with Gasteiger partial charge in [0.25, 0.3) is 5.91 Å². The summed E-state index contributed by atoms with van der Waals surface area (Å²) in [5.41, 5.74) is 11.8. The summed E-state index contributed by atoms with van der Waals surface area (Å²) in [6.07, 6.45) is 0.903. The monoisotopic (exact) mass is 671 g/mol. The molecule has 12 N–H and O–H groups in total. The highest BCUT2D eigenvalue weighted by molar-refractivity contribution is 5.97. The molecule has 0 aliphatic heterocycles. The van der Waals surface area contributed by atoms with Crippen LogP contribution in [0.1, 0.15) is 28.9 Å². The molecule has 0 bridgehead atoms. The second-order valence-corrected chi connectivity index (χ2v) is 10.7. The maximum atomic E-state index is 12.8. The molecule has 2 aromatic heterocycles. The van der Waals surface area contributed by atoms with E-state index in [9.17, 15) is 44.4 Å². The van der Waals surface area contributed by atoms with E-state index in [2.05, 4.69) is 41.2 Å². The van der Waals surface area contributed by atoms with E-state index in [1.807, 2.05) is 4.90 Å². The molecule has 4 amide bonds. The topological polar surface area (TPSA) is 321 Å². The van der Waals surface area contributed by atoms with Crippen LogP contribution in [0.25, 0.3) is 11.2 Å². The van der Waals surface area contributed by atoms with E-state index in [-0.39, 0.29) is 35.8 Å². The molecule has 3 aromatic rings. The number of carbonyl (C=O) groups excluding carboxylic acids is 4. The molecule has 1 unspecified atom stereocenters. The van der Waals surface area contributed by atoms with Crippen molar-refractivity contribution in [3.63, 3.8) is 0 Å². The molecule has 258 valence electrons. The fraction of sp³-hybridized carbons (Fsp3) is 0.393. The molecule has 0 aliphatic carbocycles. The number of carbonyl (C=O) groups is 5. The van der Waals surface area contributed by atoms with E-state index >= 15 is 0 Å². The van der Waals surface area contributed by atoms with Gasteiger partial charge in [-0.1, -0.05) is 0 Å². The number of nitrogens with zero attached hydrogens (tertiary/aromatic N) is 5. The number of fused-ring (bicyclic) bond motifs is 1. The van der Waals surface area contributed by atoms with Crippen molar-refractivity contribution in [2.45, 2.75) is 31.0 Å². The van der Waals surface area contributed by atoms with E-state index in [4.69, 9.17) is 11.5 Å². The number of nitrogen functional groups attached to an aromatic ring is 2. The Labute approximate surface area is 273 Å². The lowest BCUT2D eigenvalue weighted by molar-refractivity contribution is -0.139. The van der Waals surface area contributed by atoms with Crippen molar-refractivity contribution in [3.05, 3.63) is 41.7 Å². The molecule has 0 saturated heterocycles. The number of carboxylic acids is 1. The van der Waals surface area contributed by atoms with E-state index in [1.165, 1.54) is 18.3 Å². The quantitative estimate of drug-likeness (QED) is 0.0659. The SMILES string of the molecule is CN(Cc1cnc2nc(N)nc(N)c2n1)c1ccc(C(=O)NC(CCC(=O)NCC(=O)NCC(=O)NC(CO)(CO)CO)C(=O)O)cc1. The number of rotatable bonds is 17. The molecule has 0 radical (unpaired) electrons. The molecule has 0 fully saturated rings. The zero-order valence-electron chi connectivity index (χ0n) is 25.8. The van der Waals surface area contributed by atoms with Gasteiger partial charge in [-0.2, -0.15) is 9.97 Å². The third-order valence-corrected chi connectivity index (χ3v) is 6.94. The number of benzene rings is 1. The molecule has 0 aliphatic rings. The van der Waals surface area contributed by atoms with Gasteiger partial charge in [0.1, 0.15) is 11.6 Å². The molecule has 20 heteroatoms. The largest absolute Gasteiger partial charge is 0.480 e. The maximum Gasteiger partial charge on any atom is 0.326 e. The fourth-order valence-corrected chi connectivity index (χ4v) is 4.15. The summed E-state index contributed by atoms with van der Waals surface area (Å²) in [5, 5.41) is 46.4. The fourth-order valence-electron chi connectivity index (χ4n) is 4.15. The molecular weight excluding hydrogens is 634 g/mol. The zero-order chi connectivity index (χ0) is 35.4. The number of nitrogens with two attached hydrogens (primary N) is 2. The number of aliphatic carboxylic acids is 1. The number of amides is 4. The summed E-state index contributed by atoms with van der Waals surface area (Å²) in [7, 11) is 1.79. The van der Waals surface area contributed by atoms with Crippen LogP contribution in [0, 0.1) is 0 Å². The number of aliphatic hydroxyl groups is 3. The van der Waals surface area contributed by atoms with Crippen LogP contribution in [0.5, 0.6) is 0 Å². The van der Waals surface area contributed by atoms with E-state index in [0.717, 1.165) is 0 Å². The minimum absolute atomic E-state index is 0.0137. The van der Waals surface area contributed by atoms with Crippen LogP contribution < -0.4 is 37.6 Å². The van der Waals surface area contributed by atoms with Crippen LogP contribution in [-0.4, -0.2) is 121 Å². The summed E-state index contributed by atoms with van der Waals surface area (Å²) in [6.45, 7) is -3.02. The standard InChI is InChI=1S/C28H37N11O9/c1-39(11-16-8-33-24-22(34-16)23(29)36-27(30)37-24)17-4-2-15(3-5-17)25(46)35-18(26(47)48)6-7-19(43)31-9-20(44)32-10-21(45)38-28(12-40,13-41)14-42/h2-5,8,18,40-42H,6-7,9-14H2,1H3,(H,31,43)(H,32,44)(H,35,46)(H,38,45)(H,47,48)(H4,29,30,33,36,37). The molecule has 0 saturated carbocycles. The van der Waals surface area contributed by atoms with Gasteiger partial charge in [0.2, 0.25) is 23.7 Å². The van der Waals surface area contributed by atoms with Crippen molar-refractivity contribution in [3.8, 4) is 0 Å². The predicted molar refractivity (Wildman–Crippen MR) is 169 cm³/mol. The van der Waals surface area contributed by atoms with Crippen LogP contribution in [-0.2, 0) is 25.7 Å². The Morgan fingerprint density at radius 2 is 1.52 bits per heavy atom. The Kier molecular flexibility index (Phi) is 12.8. The Morgan fingerprint density at radius 3 is 2.15 bits per heavy atom. The number of hydrogen-bond acceptors (Lipinski definition) is 15. The number of aliphatic hydroxyl groups excluding tert-OH is 3. The minimum Gasteiger partial charge on any atom is -0.480 e. The average molecular weight is 672 g/mol. The van der Waals surface area contributed by atoms with Crippen LogP contribution in [0.2, 0.25) is 0 Å². The number of carboxylic acid groups (broad SMARTS) is 1. The number of anilines is 3. The van der Waals surface area contributed by atoms with E-state index in [0.29, 0.717) is 23.4 Å². The van der Waals surface area contributed by atoms with Crippen molar-refractivity contribution in [1.29, 1.82) is 0 Å². The maximum absolute atomic E-state index is 12.8. The molecule has 1 atom stereocenters. The van der Waals surface area contributed by atoms with Gasteiger partial charge in [-0.25, -0.2) is 14.8 Å². The van der Waals surface area contributed by atoms with Gasteiger partial charge in [-0.3, -0.25) is 19.2 Å². The normalized spacial score (nSPS) is 11.8. The van der Waals surface area contributed by atoms with Crippen molar-refractivity contribution < 1.29 is 44.4 Å². The van der Waals surface area contributed by atoms with Gasteiger partial charge in [0.05, 0.1) is 51.3 Å². The Balaban J connectivity index is 1.46. The van der Waals surface area contributed by atoms with Gasteiger partial charge in [0.15, 0.2) is 17.0 Å². The second kappa shape index (κ2) is 16.7. The lowest BCUT2D eigenvalue weighted by Gasteiger charge is -2.28. The number of nitrogens with one attached hydrogen (secondary N) is 4. The van der Waals surface area contributed by atoms with Gasteiger partial charge >= 0.3 is 5.97 Å². The van der Waals surface area contributed by atoms with E-state index in [1.54, 1.807) is 19.2 Å². The van der Waals surface area contributed by atoms with Crippen LogP contribution in [0.4, 0.5) is 17.5 Å². The highest BCUT2D eigenvalue weighted by atomic mass is 16.4. The first-order chi connectivity index (χ1) is 22.8. The Hall–Kier alpha value is -5.73. The minimum atomic E-state index is -1.66. The highest BCUT2D eigenvalue weighted by Gasteiger charge is 2.30. The zero-order valence-corrected chi connectivity index (χ0v) is 25.8. The highest BCUT2D eigenvalue weighted by Crippen LogP contribution is 2.19. The van der Waals surface area contributed by atoms with Gasteiger partial charge < -0.3 is 58.1 Å². The number of hydrogen-bond donors (Lipinski definition) is 10. The summed E-state index contributed by atoms with van der Waals surface area (Å²) < 4.78 is 0. The molecule has 0 spiro atoms. The second-order valence-electron chi connectivity index (χ2n) is 10.7. The summed E-state index contributed by atoms with van der Waals surface area (Å²) in [6, 6.07) is 4.91. The van der Waals surface area contributed by atoms with Gasteiger partial charge in [-0.05, 0) is 30.7 Å². The first-order valence-electron chi connectivity index (χ1n) is 14.4. The summed E-state index contributed by atoms with van der Waals surface area (Å²) in [4.78, 5) is 79.0. The number of aromatic nitrogens is 4. The molecular formula is C28H37N11O9. The van der Waals surface area contributed by atoms with Crippen LogP contribution in [0.15, 0.2) is 30.5 Å². The van der Waals surface area contributed by atoms with Gasteiger partial charge in [-0.15, -0.1) is 0 Å². The van der Waals surface area contributed by atoms with Crippen LogP contribution in [0.3, 0.4) is 0 Å². The molecule has 2 heterocycles. The first-order valence-corrected chi connectivity index (χ1v) is 14.4. The molecule has 20 nitrogen and oxygen atoms in total. The van der Waals surface area contributed by atoms with Crippen molar-refractivity contribution in [2.75, 3.05) is 56.3 Å². The molecule has 1 aromatic carbocycles. The third-order valence-electron chi connectivity index (χ3n) is 6.94. The van der Waals surface area contributed by atoms with E-state index < -0.39 is 74.1 Å². The van der Waals surface area contributed by atoms with Crippen LogP contribution >= 0.6 is 0 Å². The van der Waals surface area contributed by atoms with Crippen molar-refractivity contribution in [2.24, 2.45) is 0 Å². The first kappa shape index (κ1) is 36.7. The Bertz CT molecular complexity index is 1630. The average Bonchev–Trinajstić information content (AvgIpc) is 3.07. The lowest BCUT2D eigenvalue weighted by atomic mass is 10.0. The summed E-state index contributed by atoms with van der Waals surface area (Å²) in [5.74, 6) is -4.21. The smallest absolute Gasteiger partial charge is 0.326 e. The van der Waals surface area contributed by atoms with Crippen molar-refractivity contribution >= 4 is 58.2 Å². The summed E-state index contributed by atoms with van der Waals surface area (Å²) >= 11 is 0. The van der Waals surface area contributed by atoms with Gasteiger partial charge in [0, 0.05) is 24.7 Å². The molecule has 48 heavy (non-hydrogen) atoms. The Morgan fingerprint density at radius 1 is 0.896 bits per heavy atom. The molecule has 3 rings (SSSR count).